The first-order valence-corrected chi connectivity index (χ1v) is 5.04. The Morgan fingerprint density at radius 3 is 3.00 bits per heavy atom. The maximum atomic E-state index is 10.8. The van der Waals surface area contributed by atoms with Gasteiger partial charge in [-0.2, -0.15) is 17.0 Å². The zero-order valence-corrected chi connectivity index (χ0v) is 7.91. The molecule has 0 fully saturated rings. The molecule has 68 valence electrons. The molecule has 0 aliphatic heterocycles. The fraction of sp³-hybridized carbons (Fsp3) is 0.714. The van der Waals surface area contributed by atoms with E-state index in [0.29, 0.717) is 6.54 Å². The molecule has 0 aliphatic carbocycles. The van der Waals surface area contributed by atoms with Gasteiger partial charge >= 0.3 is 0 Å². The zero-order chi connectivity index (χ0) is 9.23. The van der Waals surface area contributed by atoms with Crippen LogP contribution < -0.4 is 10.6 Å². The Morgan fingerprint density at radius 1 is 1.67 bits per heavy atom. The van der Waals surface area contributed by atoms with Crippen LogP contribution >= 0.6 is 11.8 Å². The molecule has 0 saturated heterocycles. The summed E-state index contributed by atoms with van der Waals surface area (Å²) < 4.78 is 0. The lowest BCUT2D eigenvalue weighted by molar-refractivity contribution is -0.119. The molecule has 0 aromatic carbocycles. The van der Waals surface area contributed by atoms with Gasteiger partial charge in [-0.1, -0.05) is 0 Å². The van der Waals surface area contributed by atoms with Crippen molar-refractivity contribution in [3.63, 3.8) is 0 Å². The van der Waals surface area contributed by atoms with E-state index < -0.39 is 0 Å². The van der Waals surface area contributed by atoms with Crippen LogP contribution in [0.5, 0.6) is 0 Å². The van der Waals surface area contributed by atoms with Crippen LogP contribution in [0.15, 0.2) is 0 Å². The van der Waals surface area contributed by atoms with Gasteiger partial charge in [0.2, 0.25) is 5.91 Å². The van der Waals surface area contributed by atoms with Crippen molar-refractivity contribution in [1.29, 1.82) is 5.26 Å². The Balaban J connectivity index is 3.15. The highest BCUT2D eigenvalue weighted by Crippen LogP contribution is 1.86. The molecule has 4 nitrogen and oxygen atoms in total. The zero-order valence-electron chi connectivity index (χ0n) is 7.09. The number of thioether (sulfide) groups is 1. The summed E-state index contributed by atoms with van der Waals surface area (Å²) in [5.74, 6) is 0.864. The molecule has 0 bridgehead atoms. The Hall–Kier alpha value is -0.730. The second kappa shape index (κ2) is 8.37. The molecule has 0 unspecified atom stereocenters. The summed E-state index contributed by atoms with van der Waals surface area (Å²) in [4.78, 5) is 10.8. The number of nitrogens with one attached hydrogen (secondary N) is 2. The topological polar surface area (TPSA) is 64.9 Å². The number of hydrogen-bond acceptors (Lipinski definition) is 4. The lowest BCUT2D eigenvalue weighted by Gasteiger charge is -2.02. The summed E-state index contributed by atoms with van der Waals surface area (Å²) in [6, 6.07) is 1.84. The van der Waals surface area contributed by atoms with E-state index in [-0.39, 0.29) is 12.5 Å². The van der Waals surface area contributed by atoms with Crippen molar-refractivity contribution < 1.29 is 4.79 Å². The van der Waals surface area contributed by atoms with Crippen LogP contribution in [-0.2, 0) is 4.79 Å². The maximum absolute atomic E-state index is 10.8. The molecule has 12 heavy (non-hydrogen) atoms. The maximum Gasteiger partial charge on any atom is 0.234 e. The lowest BCUT2D eigenvalue weighted by Crippen LogP contribution is -2.34. The first-order valence-electron chi connectivity index (χ1n) is 3.64. The van der Waals surface area contributed by atoms with Gasteiger partial charge in [-0.05, 0) is 6.26 Å². The molecule has 0 aliphatic rings. The third-order valence-corrected chi connectivity index (χ3v) is 1.75. The Morgan fingerprint density at radius 2 is 2.42 bits per heavy atom. The van der Waals surface area contributed by atoms with Gasteiger partial charge in [-0.3, -0.25) is 4.79 Å². The molecule has 1 amide bonds. The van der Waals surface area contributed by atoms with Gasteiger partial charge in [0, 0.05) is 12.3 Å². The molecular formula is C7H13N3OS. The fourth-order valence-electron chi connectivity index (χ4n) is 0.577. The Kier molecular flexibility index (Phi) is 7.86. The predicted molar refractivity (Wildman–Crippen MR) is 49.9 cm³/mol. The van der Waals surface area contributed by atoms with Gasteiger partial charge in [0.15, 0.2) is 0 Å². The van der Waals surface area contributed by atoms with Crippen LogP contribution in [0.1, 0.15) is 0 Å². The smallest absolute Gasteiger partial charge is 0.234 e. The molecule has 0 rings (SSSR count). The minimum absolute atomic E-state index is 0.0864. The van der Waals surface area contributed by atoms with Crippen LogP contribution in [0.25, 0.3) is 0 Å². The first-order chi connectivity index (χ1) is 5.81. The van der Waals surface area contributed by atoms with E-state index in [4.69, 9.17) is 5.26 Å². The van der Waals surface area contributed by atoms with Crippen molar-refractivity contribution in [3.05, 3.63) is 0 Å². The van der Waals surface area contributed by atoms with E-state index in [1.807, 2.05) is 12.3 Å². The van der Waals surface area contributed by atoms with E-state index in [0.717, 1.165) is 12.3 Å². The Labute approximate surface area is 76.7 Å². The van der Waals surface area contributed by atoms with Crippen LogP contribution in [0.3, 0.4) is 0 Å². The third kappa shape index (κ3) is 7.38. The largest absolute Gasteiger partial charge is 0.342 e. The van der Waals surface area contributed by atoms with Crippen molar-refractivity contribution >= 4 is 17.7 Å². The molecular weight excluding hydrogens is 174 g/mol. The van der Waals surface area contributed by atoms with Crippen molar-refractivity contribution in [1.82, 2.24) is 10.6 Å². The molecule has 0 saturated carbocycles. The normalized spacial score (nSPS) is 9.00. The Bertz CT molecular complexity index is 167. The number of nitriles is 1. The molecule has 5 heteroatoms. The summed E-state index contributed by atoms with van der Waals surface area (Å²) in [6.07, 6.45) is 2.01. The second-order valence-electron chi connectivity index (χ2n) is 2.10. The lowest BCUT2D eigenvalue weighted by atomic mass is 10.5. The fourth-order valence-corrected chi connectivity index (χ4v) is 0.925. The minimum Gasteiger partial charge on any atom is -0.342 e. The van der Waals surface area contributed by atoms with Gasteiger partial charge < -0.3 is 10.6 Å². The van der Waals surface area contributed by atoms with Crippen molar-refractivity contribution in [2.24, 2.45) is 0 Å². The number of carbonyl (C=O) groups excluding carboxylic acids is 1. The van der Waals surface area contributed by atoms with Crippen LogP contribution in [0.4, 0.5) is 0 Å². The predicted octanol–water partition coefficient (Wildman–Crippen LogP) is -0.421. The van der Waals surface area contributed by atoms with Gasteiger partial charge in [0.1, 0.15) is 6.54 Å². The van der Waals surface area contributed by atoms with E-state index in [9.17, 15) is 4.79 Å². The van der Waals surface area contributed by atoms with Crippen LogP contribution in [0, 0.1) is 11.3 Å². The number of rotatable bonds is 6. The second-order valence-corrected chi connectivity index (χ2v) is 3.09. The van der Waals surface area contributed by atoms with Crippen LogP contribution in [0.2, 0.25) is 0 Å². The molecule has 0 atom stereocenters. The minimum atomic E-state index is -0.127. The number of hydrogen-bond donors (Lipinski definition) is 2. The first kappa shape index (κ1) is 11.3. The molecule has 0 spiro atoms. The summed E-state index contributed by atoms with van der Waals surface area (Å²) >= 11 is 1.72. The number of carbonyl (C=O) groups is 1. The van der Waals surface area contributed by atoms with Gasteiger partial charge in [0.05, 0.1) is 12.6 Å². The van der Waals surface area contributed by atoms with E-state index in [2.05, 4.69) is 10.6 Å². The van der Waals surface area contributed by atoms with Gasteiger partial charge in [-0.25, -0.2) is 0 Å². The van der Waals surface area contributed by atoms with Gasteiger partial charge in [-0.15, -0.1) is 0 Å². The number of nitrogens with zero attached hydrogens (tertiary/aromatic N) is 1. The summed E-state index contributed by atoms with van der Waals surface area (Å²) in [6.45, 7) is 1.20. The quantitative estimate of drug-likeness (QED) is 0.438. The summed E-state index contributed by atoms with van der Waals surface area (Å²) in [7, 11) is 0. The van der Waals surface area contributed by atoms with E-state index >= 15 is 0 Å². The van der Waals surface area contributed by atoms with Crippen LogP contribution in [-0.4, -0.2) is 37.6 Å². The highest BCUT2D eigenvalue weighted by atomic mass is 32.2. The average Bonchev–Trinajstić information content (AvgIpc) is 2.09. The molecule has 2 N–H and O–H groups in total. The van der Waals surface area contributed by atoms with Gasteiger partial charge in [0.25, 0.3) is 0 Å². The summed E-state index contributed by atoms with van der Waals surface area (Å²) in [5.41, 5.74) is 0. The van der Waals surface area contributed by atoms with Crippen molar-refractivity contribution in [3.8, 4) is 6.07 Å². The standard InChI is InChI=1S/C7H13N3OS/c1-12-5-4-9-6-7(11)10-3-2-8/h9H,3-6H2,1H3,(H,10,11). The highest BCUT2D eigenvalue weighted by molar-refractivity contribution is 7.98. The number of amides is 1. The SMILES string of the molecule is CSCCNCC(=O)NCC#N. The monoisotopic (exact) mass is 187 g/mol. The van der Waals surface area contributed by atoms with Crippen molar-refractivity contribution in [2.45, 2.75) is 0 Å². The van der Waals surface area contributed by atoms with E-state index in [1.54, 1.807) is 11.8 Å². The average molecular weight is 187 g/mol. The summed E-state index contributed by atoms with van der Waals surface area (Å²) in [5, 5.41) is 13.5. The third-order valence-electron chi connectivity index (χ3n) is 1.13. The van der Waals surface area contributed by atoms with E-state index in [1.165, 1.54) is 0 Å². The molecule has 0 aromatic rings. The molecule has 0 heterocycles. The van der Waals surface area contributed by atoms with Crippen molar-refractivity contribution in [2.75, 3.05) is 31.6 Å². The molecule has 0 aromatic heterocycles. The molecule has 0 radical (unpaired) electrons. The highest BCUT2D eigenvalue weighted by Gasteiger charge is 1.97.